The molecule has 0 aliphatic heterocycles. The topological polar surface area (TPSA) is 51.6 Å². The van der Waals surface area contributed by atoms with Crippen LogP contribution in [0.15, 0.2) is 31.0 Å². The number of rotatable bonds is 1. The van der Waals surface area contributed by atoms with Crippen molar-refractivity contribution in [2.24, 2.45) is 0 Å². The molecular formula is C12H16N4. The number of nitrogens with zero attached hydrogens (tertiary/aromatic N) is 4. The minimum absolute atomic E-state index is 0.966. The Balaban J connectivity index is 0.000000160. The zero-order chi connectivity index (χ0) is 11.8. The van der Waals surface area contributed by atoms with Gasteiger partial charge in [-0.3, -0.25) is 19.9 Å². The number of hydrogen-bond donors (Lipinski definition) is 0. The molecule has 0 saturated carbocycles. The molecule has 0 atom stereocenters. The molecule has 0 unspecified atom stereocenters. The van der Waals surface area contributed by atoms with Gasteiger partial charge in [0.2, 0.25) is 0 Å². The fourth-order valence-corrected chi connectivity index (χ4v) is 1.10. The van der Waals surface area contributed by atoms with Crippen molar-refractivity contribution in [1.82, 2.24) is 19.9 Å². The first-order valence-electron chi connectivity index (χ1n) is 5.22. The molecule has 0 bridgehead atoms. The van der Waals surface area contributed by atoms with E-state index in [1.165, 1.54) is 0 Å². The quantitative estimate of drug-likeness (QED) is 0.732. The molecule has 0 N–H and O–H groups in total. The average molecular weight is 216 g/mol. The Bertz CT molecular complexity index is 397. The van der Waals surface area contributed by atoms with Crippen molar-refractivity contribution in [2.45, 2.75) is 27.2 Å². The minimum Gasteiger partial charge on any atom is -0.261 e. The highest BCUT2D eigenvalue weighted by Gasteiger charge is 1.83. The number of hydrogen-bond acceptors (Lipinski definition) is 4. The van der Waals surface area contributed by atoms with Crippen LogP contribution < -0.4 is 0 Å². The summed E-state index contributed by atoms with van der Waals surface area (Å²) in [7, 11) is 0. The zero-order valence-corrected chi connectivity index (χ0v) is 9.88. The first kappa shape index (κ1) is 12.2. The fraction of sp³-hybridized carbons (Fsp3) is 0.333. The summed E-state index contributed by atoms with van der Waals surface area (Å²) in [4.78, 5) is 16.0. The van der Waals surface area contributed by atoms with Gasteiger partial charge in [0, 0.05) is 31.0 Å². The standard InChI is InChI=1S/2C6H8N2/c1-5-3-7-4-6(2)8-5;1-2-6-5-7-3-4-8-6/h3-4H,1-2H3;3-5H,2H2,1H3. The van der Waals surface area contributed by atoms with Gasteiger partial charge in [0.05, 0.1) is 17.1 Å². The van der Waals surface area contributed by atoms with Crippen LogP contribution in [0.3, 0.4) is 0 Å². The second-order valence-corrected chi connectivity index (χ2v) is 3.35. The smallest absolute Gasteiger partial charge is 0.0583 e. The van der Waals surface area contributed by atoms with Gasteiger partial charge in [-0.15, -0.1) is 0 Å². The zero-order valence-electron chi connectivity index (χ0n) is 9.88. The third-order valence-electron chi connectivity index (χ3n) is 1.85. The highest BCUT2D eigenvalue weighted by Crippen LogP contribution is 1.89. The highest BCUT2D eigenvalue weighted by atomic mass is 14.8. The Morgan fingerprint density at radius 3 is 1.94 bits per heavy atom. The predicted octanol–water partition coefficient (Wildman–Crippen LogP) is 2.13. The third kappa shape index (κ3) is 4.59. The van der Waals surface area contributed by atoms with E-state index in [1.54, 1.807) is 31.0 Å². The molecule has 0 aliphatic carbocycles. The summed E-state index contributed by atoms with van der Waals surface area (Å²) in [5.74, 6) is 0. The molecule has 4 nitrogen and oxygen atoms in total. The molecule has 2 aromatic heterocycles. The summed E-state index contributed by atoms with van der Waals surface area (Å²) in [6.07, 6.45) is 9.62. The van der Waals surface area contributed by atoms with Crippen molar-refractivity contribution in [3.8, 4) is 0 Å². The Morgan fingerprint density at radius 2 is 1.62 bits per heavy atom. The van der Waals surface area contributed by atoms with Gasteiger partial charge < -0.3 is 0 Å². The van der Waals surface area contributed by atoms with Gasteiger partial charge in [0.15, 0.2) is 0 Å². The van der Waals surface area contributed by atoms with Crippen molar-refractivity contribution >= 4 is 0 Å². The lowest BCUT2D eigenvalue weighted by Crippen LogP contribution is -1.85. The van der Waals surface area contributed by atoms with E-state index in [9.17, 15) is 0 Å². The average Bonchev–Trinajstić information content (AvgIpc) is 2.31. The molecule has 0 amide bonds. The molecule has 0 saturated heterocycles. The molecule has 0 spiro atoms. The summed E-state index contributed by atoms with van der Waals surface area (Å²) in [5, 5.41) is 0. The van der Waals surface area contributed by atoms with Crippen LogP contribution >= 0.6 is 0 Å². The predicted molar refractivity (Wildman–Crippen MR) is 62.9 cm³/mol. The van der Waals surface area contributed by atoms with Crippen molar-refractivity contribution in [3.63, 3.8) is 0 Å². The normalized spacial score (nSPS) is 9.19. The van der Waals surface area contributed by atoms with E-state index >= 15 is 0 Å². The van der Waals surface area contributed by atoms with Crippen molar-refractivity contribution in [3.05, 3.63) is 48.1 Å². The molecule has 84 valence electrons. The third-order valence-corrected chi connectivity index (χ3v) is 1.85. The van der Waals surface area contributed by atoms with E-state index in [4.69, 9.17) is 0 Å². The minimum atomic E-state index is 0.966. The van der Waals surface area contributed by atoms with E-state index < -0.39 is 0 Å². The SMILES string of the molecule is CCc1cnccn1.Cc1cncc(C)n1. The van der Waals surface area contributed by atoms with E-state index in [1.807, 2.05) is 13.8 Å². The maximum Gasteiger partial charge on any atom is 0.0583 e. The van der Waals surface area contributed by atoms with Crippen LogP contribution in [0.4, 0.5) is 0 Å². The molecule has 2 rings (SSSR count). The monoisotopic (exact) mass is 216 g/mol. The van der Waals surface area contributed by atoms with Crippen LogP contribution in [-0.4, -0.2) is 19.9 Å². The molecule has 2 aromatic rings. The van der Waals surface area contributed by atoms with Crippen molar-refractivity contribution in [2.75, 3.05) is 0 Å². The molecule has 2 heterocycles. The fourth-order valence-electron chi connectivity index (χ4n) is 1.10. The molecular weight excluding hydrogens is 200 g/mol. The van der Waals surface area contributed by atoms with E-state index in [2.05, 4.69) is 26.9 Å². The number of aryl methyl sites for hydroxylation is 3. The Labute approximate surface area is 95.8 Å². The lowest BCUT2D eigenvalue weighted by atomic mass is 10.4. The molecule has 16 heavy (non-hydrogen) atoms. The van der Waals surface area contributed by atoms with Crippen LogP contribution in [0.1, 0.15) is 24.0 Å². The summed E-state index contributed by atoms with van der Waals surface area (Å²) in [6.45, 7) is 5.92. The molecule has 0 aromatic carbocycles. The molecule has 0 aliphatic rings. The van der Waals surface area contributed by atoms with Gasteiger partial charge in [-0.05, 0) is 20.3 Å². The largest absolute Gasteiger partial charge is 0.261 e. The molecule has 4 heteroatoms. The van der Waals surface area contributed by atoms with Gasteiger partial charge in [-0.2, -0.15) is 0 Å². The van der Waals surface area contributed by atoms with E-state index in [0.717, 1.165) is 23.5 Å². The van der Waals surface area contributed by atoms with E-state index in [0.29, 0.717) is 0 Å². The van der Waals surface area contributed by atoms with Crippen LogP contribution in [-0.2, 0) is 6.42 Å². The summed E-state index contributed by atoms with van der Waals surface area (Å²) >= 11 is 0. The summed E-state index contributed by atoms with van der Waals surface area (Å²) in [6, 6.07) is 0. The van der Waals surface area contributed by atoms with Gasteiger partial charge in [-0.25, -0.2) is 0 Å². The summed E-state index contributed by atoms with van der Waals surface area (Å²) < 4.78 is 0. The van der Waals surface area contributed by atoms with Gasteiger partial charge in [0.25, 0.3) is 0 Å². The Kier molecular flexibility index (Phi) is 5.05. The summed E-state index contributed by atoms with van der Waals surface area (Å²) in [5.41, 5.74) is 3.00. The van der Waals surface area contributed by atoms with Crippen molar-refractivity contribution < 1.29 is 0 Å². The molecule has 0 radical (unpaired) electrons. The van der Waals surface area contributed by atoms with Crippen LogP contribution in [0.25, 0.3) is 0 Å². The van der Waals surface area contributed by atoms with Gasteiger partial charge in [0.1, 0.15) is 0 Å². The number of aromatic nitrogens is 4. The maximum atomic E-state index is 4.11. The van der Waals surface area contributed by atoms with Crippen LogP contribution in [0.2, 0.25) is 0 Å². The lowest BCUT2D eigenvalue weighted by Gasteiger charge is -1.89. The van der Waals surface area contributed by atoms with Gasteiger partial charge in [-0.1, -0.05) is 6.92 Å². The first-order chi connectivity index (χ1) is 7.72. The maximum absolute atomic E-state index is 4.11. The lowest BCUT2D eigenvalue weighted by molar-refractivity contribution is 1.000. The van der Waals surface area contributed by atoms with Gasteiger partial charge >= 0.3 is 0 Å². The van der Waals surface area contributed by atoms with Crippen LogP contribution in [0.5, 0.6) is 0 Å². The van der Waals surface area contributed by atoms with Crippen LogP contribution in [0, 0.1) is 13.8 Å². The second kappa shape index (κ2) is 6.61. The second-order valence-electron chi connectivity index (χ2n) is 3.35. The highest BCUT2D eigenvalue weighted by molar-refractivity contribution is 4.98. The Morgan fingerprint density at radius 1 is 0.938 bits per heavy atom. The Hall–Kier alpha value is -1.84. The first-order valence-corrected chi connectivity index (χ1v) is 5.22. The molecule has 0 fully saturated rings. The van der Waals surface area contributed by atoms with Crippen molar-refractivity contribution in [1.29, 1.82) is 0 Å². The van der Waals surface area contributed by atoms with E-state index in [-0.39, 0.29) is 0 Å².